The number of amides is 1. The Labute approximate surface area is 176 Å². The van der Waals surface area contributed by atoms with E-state index in [9.17, 15) is 4.79 Å². The van der Waals surface area contributed by atoms with Crippen molar-refractivity contribution >= 4 is 40.4 Å². The molecule has 0 bridgehead atoms. The first-order valence-electron chi connectivity index (χ1n) is 8.91. The molecule has 0 fully saturated rings. The van der Waals surface area contributed by atoms with E-state index in [2.05, 4.69) is 25.6 Å². The molecular formula is C20H17ClN6OS. The number of aromatic nitrogens is 5. The minimum absolute atomic E-state index is 0.0702. The zero-order valence-electron chi connectivity index (χ0n) is 15.3. The fourth-order valence-electron chi connectivity index (χ4n) is 2.73. The summed E-state index contributed by atoms with van der Waals surface area (Å²) in [7, 11) is 0. The molecule has 9 heteroatoms. The van der Waals surface area contributed by atoms with Gasteiger partial charge in [0.15, 0.2) is 11.2 Å². The summed E-state index contributed by atoms with van der Waals surface area (Å²) in [5.41, 5.74) is 3.30. The van der Waals surface area contributed by atoms with Crippen LogP contribution in [-0.4, -0.2) is 36.6 Å². The maximum absolute atomic E-state index is 12.2. The van der Waals surface area contributed by atoms with Gasteiger partial charge in [0.2, 0.25) is 5.91 Å². The highest BCUT2D eigenvalue weighted by atomic mass is 35.5. The van der Waals surface area contributed by atoms with E-state index < -0.39 is 0 Å². The highest BCUT2D eigenvalue weighted by molar-refractivity contribution is 8.00. The van der Waals surface area contributed by atoms with E-state index in [0.717, 1.165) is 11.1 Å². The molecule has 0 aliphatic rings. The quantitative estimate of drug-likeness (QED) is 0.362. The second-order valence-corrected chi connectivity index (χ2v) is 7.68. The van der Waals surface area contributed by atoms with E-state index in [0.29, 0.717) is 34.3 Å². The van der Waals surface area contributed by atoms with Crippen molar-refractivity contribution in [3.63, 3.8) is 0 Å². The lowest BCUT2D eigenvalue weighted by Gasteiger charge is -2.05. The average Bonchev–Trinajstić information content (AvgIpc) is 3.16. The van der Waals surface area contributed by atoms with Gasteiger partial charge in [0.25, 0.3) is 0 Å². The molecule has 7 nitrogen and oxygen atoms in total. The summed E-state index contributed by atoms with van der Waals surface area (Å²) in [5, 5.41) is 12.6. The molecule has 0 saturated carbocycles. The monoisotopic (exact) mass is 424 g/mol. The Bertz CT molecular complexity index is 1120. The number of hydrogen-bond acceptors (Lipinski definition) is 6. The number of thioether (sulfide) groups is 1. The summed E-state index contributed by atoms with van der Waals surface area (Å²) in [6.07, 6.45) is 1.47. The Hall–Kier alpha value is -2.97. The Morgan fingerprint density at radius 2 is 1.83 bits per heavy atom. The van der Waals surface area contributed by atoms with Crippen LogP contribution in [0.1, 0.15) is 11.1 Å². The van der Waals surface area contributed by atoms with Crippen LogP contribution in [0.15, 0.2) is 66.0 Å². The molecule has 0 aliphatic carbocycles. The van der Waals surface area contributed by atoms with Crippen molar-refractivity contribution in [3.05, 3.63) is 77.1 Å². The molecular weight excluding hydrogens is 408 g/mol. The first kappa shape index (κ1) is 19.4. The van der Waals surface area contributed by atoms with Crippen molar-refractivity contribution < 1.29 is 4.79 Å². The number of nitrogens with zero attached hydrogens (tertiary/aromatic N) is 5. The number of halogens is 1. The molecule has 0 radical (unpaired) electrons. The normalized spacial score (nSPS) is 10.9. The first-order chi connectivity index (χ1) is 14.2. The second kappa shape index (κ2) is 9.02. The van der Waals surface area contributed by atoms with E-state index in [-0.39, 0.29) is 11.7 Å². The predicted octanol–water partition coefficient (Wildman–Crippen LogP) is 3.33. The van der Waals surface area contributed by atoms with Crippen LogP contribution in [0, 0.1) is 0 Å². The Morgan fingerprint density at radius 1 is 1.03 bits per heavy atom. The maximum Gasteiger partial charge on any atom is 0.230 e. The summed E-state index contributed by atoms with van der Waals surface area (Å²) < 4.78 is 1.71. The van der Waals surface area contributed by atoms with Gasteiger partial charge in [-0.1, -0.05) is 71.0 Å². The molecule has 2 heterocycles. The summed E-state index contributed by atoms with van der Waals surface area (Å²) in [5.74, 6) is 0.169. The number of hydrogen-bond donors (Lipinski definition) is 1. The fourth-order valence-corrected chi connectivity index (χ4v) is 3.61. The third-order valence-corrected chi connectivity index (χ3v) is 5.42. The zero-order valence-corrected chi connectivity index (χ0v) is 16.9. The lowest BCUT2D eigenvalue weighted by molar-refractivity contribution is -0.118. The summed E-state index contributed by atoms with van der Waals surface area (Å²) in [4.78, 5) is 20.7. The molecule has 1 amide bonds. The number of fused-ring (bicyclic) bond motifs is 1. The summed E-state index contributed by atoms with van der Waals surface area (Å²) in [6, 6.07) is 17.3. The van der Waals surface area contributed by atoms with Gasteiger partial charge >= 0.3 is 0 Å². The largest absolute Gasteiger partial charge is 0.351 e. The highest BCUT2D eigenvalue weighted by Gasteiger charge is 2.14. The lowest BCUT2D eigenvalue weighted by atomic mass is 10.2. The average molecular weight is 425 g/mol. The molecule has 0 saturated heterocycles. The van der Waals surface area contributed by atoms with E-state index in [1.165, 1.54) is 18.1 Å². The van der Waals surface area contributed by atoms with Gasteiger partial charge in [0.05, 0.1) is 12.3 Å². The van der Waals surface area contributed by atoms with Gasteiger partial charge in [-0.2, -0.15) is 0 Å². The van der Waals surface area contributed by atoms with Crippen LogP contribution in [0.5, 0.6) is 0 Å². The smallest absolute Gasteiger partial charge is 0.230 e. The molecule has 0 unspecified atom stereocenters. The van der Waals surface area contributed by atoms with Crippen LogP contribution in [0.2, 0.25) is 5.02 Å². The van der Waals surface area contributed by atoms with Gasteiger partial charge in [-0.15, -0.1) is 5.10 Å². The number of nitrogens with one attached hydrogen (secondary N) is 1. The molecule has 4 rings (SSSR count). The van der Waals surface area contributed by atoms with Crippen molar-refractivity contribution in [3.8, 4) is 0 Å². The number of rotatable bonds is 7. The summed E-state index contributed by atoms with van der Waals surface area (Å²) in [6.45, 7) is 1.02. The van der Waals surface area contributed by atoms with Crippen LogP contribution in [0.25, 0.3) is 11.2 Å². The van der Waals surface area contributed by atoms with Gasteiger partial charge in [0, 0.05) is 11.6 Å². The Morgan fingerprint density at radius 3 is 2.62 bits per heavy atom. The predicted molar refractivity (Wildman–Crippen MR) is 113 cm³/mol. The van der Waals surface area contributed by atoms with Gasteiger partial charge < -0.3 is 5.32 Å². The molecule has 29 heavy (non-hydrogen) atoms. The number of carbonyl (C=O) groups excluding carboxylic acids is 1. The maximum atomic E-state index is 12.2. The molecule has 4 aromatic rings. The standard InChI is InChI=1S/C20H17ClN6OS/c21-16-8-6-15(7-9-16)11-27-19-18(25-26-27)20(24-13-23-19)29-12-17(28)22-10-14-4-2-1-3-5-14/h1-9,13H,10-12H2,(H,22,28). The number of benzene rings is 2. The Balaban J connectivity index is 1.41. The van der Waals surface area contributed by atoms with Crippen LogP contribution in [0.3, 0.4) is 0 Å². The Kier molecular flexibility index (Phi) is 6.02. The van der Waals surface area contributed by atoms with Crippen LogP contribution in [-0.2, 0) is 17.9 Å². The van der Waals surface area contributed by atoms with Gasteiger partial charge in [-0.05, 0) is 23.3 Å². The van der Waals surface area contributed by atoms with Crippen LogP contribution >= 0.6 is 23.4 Å². The third kappa shape index (κ3) is 4.90. The molecule has 0 aliphatic heterocycles. The second-order valence-electron chi connectivity index (χ2n) is 6.28. The molecule has 146 valence electrons. The zero-order chi connectivity index (χ0) is 20.1. The van der Waals surface area contributed by atoms with E-state index in [1.54, 1.807) is 4.68 Å². The SMILES string of the molecule is O=C(CSc1ncnc2c1nnn2Cc1ccc(Cl)cc1)NCc1ccccc1. The van der Waals surface area contributed by atoms with Crippen molar-refractivity contribution in [2.45, 2.75) is 18.1 Å². The van der Waals surface area contributed by atoms with Gasteiger partial charge in [-0.3, -0.25) is 4.79 Å². The van der Waals surface area contributed by atoms with Crippen LogP contribution < -0.4 is 5.32 Å². The van der Waals surface area contributed by atoms with Gasteiger partial charge in [0.1, 0.15) is 11.4 Å². The minimum Gasteiger partial charge on any atom is -0.351 e. The van der Waals surface area contributed by atoms with E-state index >= 15 is 0 Å². The van der Waals surface area contributed by atoms with Crippen molar-refractivity contribution in [1.82, 2.24) is 30.3 Å². The summed E-state index contributed by atoms with van der Waals surface area (Å²) >= 11 is 7.25. The topological polar surface area (TPSA) is 85.6 Å². The fraction of sp³-hybridized carbons (Fsp3) is 0.150. The van der Waals surface area contributed by atoms with E-state index in [1.807, 2.05) is 54.6 Å². The van der Waals surface area contributed by atoms with Crippen molar-refractivity contribution in [2.24, 2.45) is 0 Å². The molecule has 1 N–H and O–H groups in total. The molecule has 0 spiro atoms. The van der Waals surface area contributed by atoms with E-state index in [4.69, 9.17) is 11.6 Å². The third-order valence-electron chi connectivity index (χ3n) is 4.18. The molecule has 2 aromatic carbocycles. The highest BCUT2D eigenvalue weighted by Crippen LogP contribution is 2.22. The number of carbonyl (C=O) groups is 1. The van der Waals surface area contributed by atoms with Crippen molar-refractivity contribution in [1.29, 1.82) is 0 Å². The first-order valence-corrected chi connectivity index (χ1v) is 10.3. The molecule has 0 atom stereocenters. The van der Waals surface area contributed by atoms with Crippen molar-refractivity contribution in [2.75, 3.05) is 5.75 Å². The lowest BCUT2D eigenvalue weighted by Crippen LogP contribution is -2.24. The van der Waals surface area contributed by atoms with Gasteiger partial charge in [-0.25, -0.2) is 14.6 Å². The van der Waals surface area contributed by atoms with Crippen LogP contribution in [0.4, 0.5) is 0 Å². The molecule has 2 aromatic heterocycles. The minimum atomic E-state index is -0.0702.